The highest BCUT2D eigenvalue weighted by molar-refractivity contribution is 9.10. The molecule has 0 unspecified atom stereocenters. The lowest BCUT2D eigenvalue weighted by atomic mass is 10.1. The Morgan fingerprint density at radius 2 is 1.70 bits per heavy atom. The van der Waals surface area contributed by atoms with Gasteiger partial charge in [-0.3, -0.25) is 10.2 Å². The van der Waals surface area contributed by atoms with E-state index >= 15 is 0 Å². The van der Waals surface area contributed by atoms with Gasteiger partial charge in [0.15, 0.2) is 0 Å². The highest BCUT2D eigenvalue weighted by Gasteiger charge is 2.44. The molecule has 1 aliphatic rings. The third kappa shape index (κ3) is 3.80. The van der Waals surface area contributed by atoms with Crippen LogP contribution in [0.3, 0.4) is 0 Å². The lowest BCUT2D eigenvalue weighted by Gasteiger charge is -2.08. The van der Waals surface area contributed by atoms with Gasteiger partial charge in [0.2, 0.25) is 5.91 Å². The highest BCUT2D eigenvalue weighted by atomic mass is 79.9. The molecule has 2 aromatic carbocycles. The number of carbonyl (C=O) groups is 1. The molecule has 0 radical (unpaired) electrons. The molecule has 2 atom stereocenters. The van der Waals surface area contributed by atoms with E-state index in [2.05, 4.69) is 26.2 Å². The van der Waals surface area contributed by atoms with E-state index in [0.717, 1.165) is 16.5 Å². The van der Waals surface area contributed by atoms with E-state index in [1.54, 1.807) is 12.1 Å². The number of hydrogen-bond donors (Lipinski definition) is 2. The Morgan fingerprint density at radius 1 is 1.04 bits per heavy atom. The summed E-state index contributed by atoms with van der Waals surface area (Å²) in [7, 11) is -3.76. The van der Waals surface area contributed by atoms with Gasteiger partial charge in [-0.2, -0.15) is 0 Å². The summed E-state index contributed by atoms with van der Waals surface area (Å²) >= 11 is 3.25. The van der Waals surface area contributed by atoms with Gasteiger partial charge in [-0.05, 0) is 42.2 Å². The van der Waals surface area contributed by atoms with Crippen LogP contribution in [0.2, 0.25) is 0 Å². The predicted molar refractivity (Wildman–Crippen MR) is 89.9 cm³/mol. The fourth-order valence-corrected chi connectivity index (χ4v) is 3.55. The molecule has 1 aliphatic carbocycles. The molecule has 2 aromatic rings. The Kier molecular flexibility index (Phi) is 4.52. The first-order valence-electron chi connectivity index (χ1n) is 7.09. The Bertz CT molecular complexity index is 807. The summed E-state index contributed by atoms with van der Waals surface area (Å²) in [5, 5.41) is 0. The van der Waals surface area contributed by atoms with Crippen molar-refractivity contribution in [1.82, 2.24) is 10.3 Å². The Balaban J connectivity index is 1.58. The third-order valence-electron chi connectivity index (χ3n) is 3.79. The van der Waals surface area contributed by atoms with E-state index < -0.39 is 10.0 Å². The van der Waals surface area contributed by atoms with Crippen molar-refractivity contribution >= 4 is 31.9 Å². The molecule has 0 saturated heterocycles. The minimum Gasteiger partial charge on any atom is -0.277 e. The molecule has 0 spiro atoms. The molecule has 0 aromatic heterocycles. The molecular formula is C16H15BrN2O3S. The zero-order chi connectivity index (χ0) is 16.4. The standard InChI is InChI=1S/C16H15BrN2O3S/c17-12-6-8-13(9-7-12)23(21,22)19-18-16(20)15-10-14(15)11-4-2-1-3-5-11/h1-9,14-15,19H,10H2,(H,18,20)/t14-,15-/m1/s1. The lowest BCUT2D eigenvalue weighted by Crippen LogP contribution is -2.42. The highest BCUT2D eigenvalue weighted by Crippen LogP contribution is 2.47. The average molecular weight is 395 g/mol. The van der Waals surface area contributed by atoms with Crippen molar-refractivity contribution in [2.24, 2.45) is 5.92 Å². The van der Waals surface area contributed by atoms with E-state index in [0.29, 0.717) is 0 Å². The van der Waals surface area contributed by atoms with Gasteiger partial charge in [-0.1, -0.05) is 46.3 Å². The molecule has 3 rings (SSSR count). The maximum absolute atomic E-state index is 12.1. The molecule has 0 bridgehead atoms. The normalized spacial score (nSPS) is 20.0. The first kappa shape index (κ1) is 16.2. The predicted octanol–water partition coefficient (Wildman–Crippen LogP) is 2.56. The Morgan fingerprint density at radius 3 is 2.35 bits per heavy atom. The van der Waals surface area contributed by atoms with E-state index in [1.165, 1.54) is 12.1 Å². The van der Waals surface area contributed by atoms with Gasteiger partial charge >= 0.3 is 0 Å². The van der Waals surface area contributed by atoms with Crippen molar-refractivity contribution in [2.45, 2.75) is 17.2 Å². The van der Waals surface area contributed by atoms with Crippen LogP contribution in [0, 0.1) is 5.92 Å². The number of amides is 1. The first-order chi connectivity index (χ1) is 11.0. The molecule has 1 fully saturated rings. The Hall–Kier alpha value is -1.70. The van der Waals surface area contributed by atoms with E-state index in [1.807, 2.05) is 30.3 Å². The summed E-state index contributed by atoms with van der Waals surface area (Å²) in [6, 6.07) is 15.9. The van der Waals surface area contributed by atoms with E-state index in [4.69, 9.17) is 0 Å². The lowest BCUT2D eigenvalue weighted by molar-refractivity contribution is -0.122. The minimum absolute atomic E-state index is 0.0939. The number of nitrogens with one attached hydrogen (secondary N) is 2. The second-order valence-electron chi connectivity index (χ2n) is 5.41. The van der Waals surface area contributed by atoms with Crippen LogP contribution in [0.15, 0.2) is 64.0 Å². The van der Waals surface area contributed by atoms with Crippen molar-refractivity contribution in [3.63, 3.8) is 0 Å². The molecule has 1 saturated carbocycles. The molecule has 23 heavy (non-hydrogen) atoms. The van der Waals surface area contributed by atoms with Crippen LogP contribution in [0.25, 0.3) is 0 Å². The molecule has 120 valence electrons. The fraction of sp³-hybridized carbons (Fsp3) is 0.188. The van der Waals surface area contributed by atoms with Gasteiger partial charge in [0.1, 0.15) is 0 Å². The van der Waals surface area contributed by atoms with Crippen LogP contribution < -0.4 is 10.3 Å². The van der Waals surface area contributed by atoms with Crippen molar-refractivity contribution in [2.75, 3.05) is 0 Å². The SMILES string of the molecule is O=C(NNS(=O)(=O)c1ccc(Br)cc1)[C@@H]1C[C@@H]1c1ccccc1. The molecular weight excluding hydrogens is 380 g/mol. The maximum atomic E-state index is 12.1. The number of hydrazine groups is 1. The van der Waals surface area contributed by atoms with Crippen LogP contribution in [0.5, 0.6) is 0 Å². The van der Waals surface area contributed by atoms with Crippen LogP contribution in [-0.2, 0) is 14.8 Å². The zero-order valence-electron chi connectivity index (χ0n) is 12.1. The van der Waals surface area contributed by atoms with Crippen LogP contribution in [0.1, 0.15) is 17.9 Å². The molecule has 1 amide bonds. The van der Waals surface area contributed by atoms with Gasteiger partial charge < -0.3 is 0 Å². The summed E-state index contributed by atoms with van der Waals surface area (Å²) in [5.41, 5.74) is 3.41. The number of rotatable bonds is 5. The molecule has 0 heterocycles. The molecule has 0 aliphatic heterocycles. The summed E-state index contributed by atoms with van der Waals surface area (Å²) in [4.78, 5) is 14.3. The molecule has 2 N–H and O–H groups in total. The summed E-state index contributed by atoms with van der Waals surface area (Å²) in [6.07, 6.45) is 0.732. The van der Waals surface area contributed by atoms with Crippen LogP contribution >= 0.6 is 15.9 Å². The quantitative estimate of drug-likeness (QED) is 0.765. The third-order valence-corrected chi connectivity index (χ3v) is 5.58. The van der Waals surface area contributed by atoms with Gasteiger partial charge in [-0.25, -0.2) is 8.42 Å². The number of sulfonamides is 1. The van der Waals surface area contributed by atoms with Crippen molar-refractivity contribution in [3.8, 4) is 0 Å². The van der Waals surface area contributed by atoms with E-state index in [-0.39, 0.29) is 22.6 Å². The topological polar surface area (TPSA) is 75.3 Å². The number of hydrogen-bond acceptors (Lipinski definition) is 3. The van der Waals surface area contributed by atoms with Crippen LogP contribution in [0.4, 0.5) is 0 Å². The summed E-state index contributed by atoms with van der Waals surface area (Å²) in [6.45, 7) is 0. The summed E-state index contributed by atoms with van der Waals surface area (Å²) < 4.78 is 25.0. The zero-order valence-corrected chi connectivity index (χ0v) is 14.5. The molecule has 5 nitrogen and oxygen atoms in total. The smallest absolute Gasteiger partial charge is 0.257 e. The van der Waals surface area contributed by atoms with Crippen LogP contribution in [-0.4, -0.2) is 14.3 Å². The van der Waals surface area contributed by atoms with Gasteiger partial charge in [0.05, 0.1) is 4.90 Å². The first-order valence-corrected chi connectivity index (χ1v) is 9.37. The van der Waals surface area contributed by atoms with Gasteiger partial charge in [0, 0.05) is 10.4 Å². The monoisotopic (exact) mass is 394 g/mol. The average Bonchev–Trinajstić information content (AvgIpc) is 3.35. The molecule has 7 heteroatoms. The van der Waals surface area contributed by atoms with Gasteiger partial charge in [0.25, 0.3) is 10.0 Å². The summed E-state index contributed by atoms with van der Waals surface area (Å²) in [5.74, 6) is -0.335. The maximum Gasteiger partial charge on any atom is 0.257 e. The van der Waals surface area contributed by atoms with Crippen molar-refractivity contribution in [3.05, 3.63) is 64.6 Å². The van der Waals surface area contributed by atoms with Crippen molar-refractivity contribution < 1.29 is 13.2 Å². The Labute approximate surface area is 143 Å². The van der Waals surface area contributed by atoms with Crippen molar-refractivity contribution in [1.29, 1.82) is 0 Å². The van der Waals surface area contributed by atoms with E-state index in [9.17, 15) is 13.2 Å². The fourth-order valence-electron chi connectivity index (χ4n) is 2.44. The van der Waals surface area contributed by atoms with Gasteiger partial charge in [-0.15, -0.1) is 4.83 Å². The number of benzene rings is 2. The number of halogens is 1. The largest absolute Gasteiger partial charge is 0.277 e. The second kappa shape index (κ2) is 6.43. The second-order valence-corrected chi connectivity index (χ2v) is 8.01. The minimum atomic E-state index is -3.76. The number of carbonyl (C=O) groups excluding carboxylic acids is 1.